The summed E-state index contributed by atoms with van der Waals surface area (Å²) in [5.41, 5.74) is 6.34. The van der Waals surface area contributed by atoms with Crippen molar-refractivity contribution in [2.45, 2.75) is 13.3 Å². The van der Waals surface area contributed by atoms with Crippen LogP contribution in [0.2, 0.25) is 0 Å². The number of nitrogens with two attached hydrogens (primary N) is 1. The quantitative estimate of drug-likeness (QED) is 0.809. The van der Waals surface area contributed by atoms with Gasteiger partial charge in [0.15, 0.2) is 0 Å². The molecule has 3 N–H and O–H groups in total. The van der Waals surface area contributed by atoms with Gasteiger partial charge in [-0.3, -0.25) is 0 Å². The van der Waals surface area contributed by atoms with E-state index in [-0.39, 0.29) is 6.01 Å². The van der Waals surface area contributed by atoms with E-state index in [9.17, 15) is 0 Å². The molecule has 15 heavy (non-hydrogen) atoms. The van der Waals surface area contributed by atoms with Crippen molar-refractivity contribution in [1.29, 1.82) is 0 Å². The number of nitrogen functional groups attached to an aromatic ring is 1. The molecule has 0 aliphatic rings. The average Bonchev–Trinajstić information content (AvgIpc) is 2.76. The summed E-state index contributed by atoms with van der Waals surface area (Å²) in [6.07, 6.45) is 0.826. The van der Waals surface area contributed by atoms with Crippen molar-refractivity contribution in [2.24, 2.45) is 0 Å². The third kappa shape index (κ3) is 2.66. The van der Waals surface area contributed by atoms with Gasteiger partial charge in [0.1, 0.15) is 0 Å². The van der Waals surface area contributed by atoms with Crippen LogP contribution in [0.15, 0.2) is 9.80 Å². The molecule has 2 aromatic rings. The van der Waals surface area contributed by atoms with Crippen molar-refractivity contribution in [2.75, 3.05) is 17.6 Å². The topological polar surface area (TPSA) is 89.9 Å². The molecule has 0 spiro atoms. The van der Waals surface area contributed by atoms with Crippen LogP contribution in [0.3, 0.4) is 0 Å². The first-order chi connectivity index (χ1) is 7.24. The normalized spacial score (nSPS) is 10.5. The highest BCUT2D eigenvalue weighted by atomic mass is 32.1. The molecule has 0 radical (unpaired) electrons. The monoisotopic (exact) mass is 225 g/mol. The Kier molecular flexibility index (Phi) is 2.82. The molecule has 6 nitrogen and oxygen atoms in total. The first-order valence-electron chi connectivity index (χ1n) is 4.48. The molecule has 0 fully saturated rings. The van der Waals surface area contributed by atoms with Crippen LogP contribution in [0.25, 0.3) is 0 Å². The minimum absolute atomic E-state index is 0.0713. The number of nitrogens with one attached hydrogen (secondary N) is 1. The van der Waals surface area contributed by atoms with E-state index < -0.39 is 0 Å². The van der Waals surface area contributed by atoms with Gasteiger partial charge in [0, 0.05) is 18.3 Å². The molecule has 80 valence electrons. The highest BCUT2D eigenvalue weighted by molar-refractivity contribution is 7.09. The van der Waals surface area contributed by atoms with E-state index >= 15 is 0 Å². The predicted molar refractivity (Wildman–Crippen MR) is 57.8 cm³/mol. The Morgan fingerprint density at radius 3 is 3.00 bits per heavy atom. The summed E-state index contributed by atoms with van der Waals surface area (Å²) in [4.78, 5) is 4.33. The first kappa shape index (κ1) is 9.91. The highest BCUT2D eigenvalue weighted by Gasteiger charge is 2.02. The Balaban J connectivity index is 1.80. The van der Waals surface area contributed by atoms with E-state index in [0.29, 0.717) is 12.6 Å². The van der Waals surface area contributed by atoms with Gasteiger partial charge in [0.2, 0.25) is 0 Å². The van der Waals surface area contributed by atoms with E-state index in [2.05, 4.69) is 20.5 Å². The lowest BCUT2D eigenvalue weighted by molar-refractivity contribution is 0.586. The molecule has 0 atom stereocenters. The molecule has 0 bridgehead atoms. The minimum Gasteiger partial charge on any atom is -0.390 e. The van der Waals surface area contributed by atoms with Crippen molar-refractivity contribution < 1.29 is 4.42 Å². The summed E-state index contributed by atoms with van der Waals surface area (Å²) in [5.74, 6) is 0. The van der Waals surface area contributed by atoms with Crippen LogP contribution >= 0.6 is 11.3 Å². The second kappa shape index (κ2) is 4.26. The second-order valence-electron chi connectivity index (χ2n) is 2.98. The van der Waals surface area contributed by atoms with Gasteiger partial charge < -0.3 is 15.5 Å². The molecular formula is C8H11N5OS. The maximum absolute atomic E-state index is 5.27. The Morgan fingerprint density at radius 1 is 1.53 bits per heavy atom. The molecular weight excluding hydrogens is 214 g/mol. The molecule has 0 saturated carbocycles. The van der Waals surface area contributed by atoms with Crippen molar-refractivity contribution >= 4 is 23.4 Å². The highest BCUT2D eigenvalue weighted by Crippen LogP contribution is 2.09. The number of aryl methyl sites for hydroxylation is 1. The van der Waals surface area contributed by atoms with Crippen LogP contribution in [0.1, 0.15) is 10.7 Å². The molecule has 0 aliphatic carbocycles. The SMILES string of the molecule is Cc1nc(CCNc2nnc(N)o2)cs1. The molecule has 0 saturated heterocycles. The van der Waals surface area contributed by atoms with Gasteiger partial charge >= 0.3 is 12.0 Å². The number of thiazole rings is 1. The third-order valence-electron chi connectivity index (χ3n) is 1.76. The zero-order valence-corrected chi connectivity index (χ0v) is 9.04. The van der Waals surface area contributed by atoms with Crippen LogP contribution in [0.4, 0.5) is 12.0 Å². The second-order valence-corrected chi connectivity index (χ2v) is 4.04. The molecule has 2 heterocycles. The van der Waals surface area contributed by atoms with Gasteiger partial charge in [-0.1, -0.05) is 10.2 Å². The minimum atomic E-state index is 0.0713. The summed E-state index contributed by atoms with van der Waals surface area (Å²) in [5, 5.41) is 13.3. The van der Waals surface area contributed by atoms with E-state index in [1.54, 1.807) is 11.3 Å². The predicted octanol–water partition coefficient (Wildman–Crippen LogP) is 1.07. The van der Waals surface area contributed by atoms with E-state index in [1.165, 1.54) is 0 Å². The van der Waals surface area contributed by atoms with Crippen LogP contribution in [-0.2, 0) is 6.42 Å². The molecule has 7 heteroatoms. The number of aromatic nitrogens is 3. The summed E-state index contributed by atoms with van der Waals surface area (Å²) in [6, 6.07) is 0.418. The van der Waals surface area contributed by atoms with Gasteiger partial charge in [-0.05, 0) is 6.92 Å². The molecule has 2 rings (SSSR count). The fourth-order valence-electron chi connectivity index (χ4n) is 1.13. The van der Waals surface area contributed by atoms with Crippen LogP contribution in [0.5, 0.6) is 0 Å². The maximum Gasteiger partial charge on any atom is 0.316 e. The summed E-state index contributed by atoms with van der Waals surface area (Å²) in [6.45, 7) is 2.69. The van der Waals surface area contributed by atoms with E-state index in [1.807, 2.05) is 12.3 Å². The Labute approximate surface area is 90.5 Å². The Hall–Kier alpha value is -1.63. The Bertz CT molecular complexity index is 397. The zero-order chi connectivity index (χ0) is 10.7. The number of nitrogens with zero attached hydrogens (tertiary/aromatic N) is 3. The summed E-state index contributed by atoms with van der Waals surface area (Å²) >= 11 is 1.64. The lowest BCUT2D eigenvalue weighted by Crippen LogP contribution is -2.05. The van der Waals surface area contributed by atoms with Gasteiger partial charge in [-0.25, -0.2) is 4.98 Å². The lowest BCUT2D eigenvalue weighted by atomic mass is 10.3. The molecule has 2 aromatic heterocycles. The summed E-state index contributed by atoms with van der Waals surface area (Å²) < 4.78 is 4.95. The number of hydrogen-bond acceptors (Lipinski definition) is 7. The fraction of sp³-hybridized carbons (Fsp3) is 0.375. The smallest absolute Gasteiger partial charge is 0.316 e. The molecule has 0 amide bonds. The number of rotatable bonds is 4. The summed E-state index contributed by atoms with van der Waals surface area (Å²) in [7, 11) is 0. The lowest BCUT2D eigenvalue weighted by Gasteiger charge is -1.97. The van der Waals surface area contributed by atoms with Crippen LogP contribution < -0.4 is 11.1 Å². The van der Waals surface area contributed by atoms with Crippen LogP contribution in [-0.4, -0.2) is 21.7 Å². The molecule has 0 unspecified atom stereocenters. The van der Waals surface area contributed by atoms with Crippen molar-refractivity contribution in [3.05, 3.63) is 16.1 Å². The molecule has 0 aliphatic heterocycles. The van der Waals surface area contributed by atoms with Gasteiger partial charge in [0.05, 0.1) is 10.7 Å². The average molecular weight is 225 g/mol. The van der Waals surface area contributed by atoms with E-state index in [4.69, 9.17) is 10.2 Å². The van der Waals surface area contributed by atoms with E-state index in [0.717, 1.165) is 17.1 Å². The zero-order valence-electron chi connectivity index (χ0n) is 8.23. The van der Waals surface area contributed by atoms with Gasteiger partial charge in [-0.15, -0.1) is 11.3 Å². The fourth-order valence-corrected chi connectivity index (χ4v) is 1.77. The largest absolute Gasteiger partial charge is 0.390 e. The standard InChI is InChI=1S/C8H11N5OS/c1-5-11-6(4-15-5)2-3-10-8-13-12-7(9)14-8/h4H,2-3H2,1H3,(H2,9,12)(H,10,13). The van der Waals surface area contributed by atoms with Crippen molar-refractivity contribution in [1.82, 2.24) is 15.2 Å². The van der Waals surface area contributed by atoms with Gasteiger partial charge in [-0.2, -0.15) is 0 Å². The Morgan fingerprint density at radius 2 is 2.40 bits per heavy atom. The third-order valence-corrected chi connectivity index (χ3v) is 2.59. The first-order valence-corrected chi connectivity index (χ1v) is 5.36. The van der Waals surface area contributed by atoms with Crippen molar-refractivity contribution in [3.63, 3.8) is 0 Å². The maximum atomic E-state index is 5.27. The molecule has 0 aromatic carbocycles. The van der Waals surface area contributed by atoms with Crippen LogP contribution in [0, 0.1) is 6.92 Å². The number of hydrogen-bond donors (Lipinski definition) is 2. The van der Waals surface area contributed by atoms with Crippen molar-refractivity contribution in [3.8, 4) is 0 Å². The van der Waals surface area contributed by atoms with Gasteiger partial charge in [0.25, 0.3) is 0 Å². The number of anilines is 2.